The zero-order valence-electron chi connectivity index (χ0n) is 40.2. The van der Waals surface area contributed by atoms with Gasteiger partial charge < -0.3 is 28.8 Å². The number of phosphoric acid groups is 1. The molecule has 60 heavy (non-hydrogen) atoms. The van der Waals surface area contributed by atoms with Crippen LogP contribution < -0.4 is 10.2 Å². The summed E-state index contributed by atoms with van der Waals surface area (Å²) in [5.41, 5.74) is 0. The van der Waals surface area contributed by atoms with Crippen LogP contribution in [0.25, 0.3) is 0 Å². The van der Waals surface area contributed by atoms with E-state index in [2.05, 4.69) is 43.5 Å². The molecule has 0 saturated heterocycles. The van der Waals surface area contributed by atoms with Gasteiger partial charge >= 0.3 is 0 Å². The molecule has 0 radical (unpaired) electrons. The molecule has 0 fully saturated rings. The van der Waals surface area contributed by atoms with Gasteiger partial charge in [-0.3, -0.25) is 9.36 Å². The Morgan fingerprint density at radius 3 is 1.35 bits per heavy atom. The van der Waals surface area contributed by atoms with Crippen LogP contribution in [0, 0.1) is 0 Å². The minimum Gasteiger partial charge on any atom is -0.756 e. The molecular weight excluding hydrogens is 768 g/mol. The molecule has 9 heteroatoms. The molecule has 0 aliphatic carbocycles. The molecule has 0 aliphatic heterocycles. The van der Waals surface area contributed by atoms with Gasteiger partial charge in [0.2, 0.25) is 5.91 Å². The first kappa shape index (κ1) is 58.7. The van der Waals surface area contributed by atoms with Crippen LogP contribution in [0.3, 0.4) is 0 Å². The van der Waals surface area contributed by atoms with Gasteiger partial charge in [-0.15, -0.1) is 0 Å². The second-order valence-electron chi connectivity index (χ2n) is 18.5. The van der Waals surface area contributed by atoms with Crippen LogP contribution >= 0.6 is 7.82 Å². The van der Waals surface area contributed by atoms with Crippen molar-refractivity contribution in [3.05, 3.63) is 36.5 Å². The fraction of sp³-hybridized carbons (Fsp3) is 0.863. The van der Waals surface area contributed by atoms with Crippen molar-refractivity contribution in [2.75, 3.05) is 40.9 Å². The number of phosphoric ester groups is 1. The molecule has 0 rings (SSSR count). The number of amides is 1. The van der Waals surface area contributed by atoms with Crippen molar-refractivity contribution in [2.45, 2.75) is 244 Å². The summed E-state index contributed by atoms with van der Waals surface area (Å²) in [7, 11) is 1.24. The van der Waals surface area contributed by atoms with E-state index in [0.29, 0.717) is 17.4 Å². The van der Waals surface area contributed by atoms with E-state index in [1.807, 2.05) is 27.2 Å². The molecule has 354 valence electrons. The average molecular weight is 867 g/mol. The van der Waals surface area contributed by atoms with Gasteiger partial charge in [-0.1, -0.05) is 204 Å². The lowest BCUT2D eigenvalue weighted by molar-refractivity contribution is -0.870. The monoisotopic (exact) mass is 867 g/mol. The molecule has 0 spiro atoms. The third-order valence-electron chi connectivity index (χ3n) is 11.3. The van der Waals surface area contributed by atoms with Crippen molar-refractivity contribution in [3.63, 3.8) is 0 Å². The van der Waals surface area contributed by atoms with Gasteiger partial charge in [-0.05, 0) is 57.8 Å². The molecule has 0 aromatic heterocycles. The Morgan fingerprint density at radius 1 is 0.567 bits per heavy atom. The van der Waals surface area contributed by atoms with Crippen LogP contribution in [-0.4, -0.2) is 68.5 Å². The number of aliphatic hydroxyl groups is 1. The van der Waals surface area contributed by atoms with E-state index in [0.717, 1.165) is 57.8 Å². The summed E-state index contributed by atoms with van der Waals surface area (Å²) < 4.78 is 23.2. The van der Waals surface area contributed by atoms with E-state index < -0.39 is 26.6 Å². The standard InChI is InChI=1S/C51H99N2O6P/c1-6-8-10-12-14-16-18-20-22-23-24-25-26-27-28-29-30-31-32-34-36-38-40-42-44-50(54)49(48-59-60(56,57)58-47-46-53(3,4)5)52-51(55)45-43-41-39-37-35-33-21-19-17-15-13-11-9-7-2/h19,21,34,36,42,44,49-50,54H,6-18,20,22-33,35,37-41,43,45-48H2,1-5H3,(H-,52,55,56,57)/b21-19-,36-34+,44-42+. The van der Waals surface area contributed by atoms with Crippen molar-refractivity contribution >= 4 is 13.7 Å². The molecule has 3 unspecified atom stereocenters. The number of allylic oxidation sites excluding steroid dienone is 5. The lowest BCUT2D eigenvalue weighted by atomic mass is 10.0. The SMILES string of the molecule is CCCCCCC/C=C\CCCCCCCC(=O)NC(COP(=O)([O-])OCC[N+](C)(C)C)C(O)/C=C/CC/C=C/CCCCCCCCCCCCCCCCCCCC. The van der Waals surface area contributed by atoms with E-state index >= 15 is 0 Å². The maximum Gasteiger partial charge on any atom is 0.268 e. The number of hydrogen-bond donors (Lipinski definition) is 2. The van der Waals surface area contributed by atoms with Crippen molar-refractivity contribution in [3.8, 4) is 0 Å². The largest absolute Gasteiger partial charge is 0.756 e. The minimum atomic E-state index is -4.60. The summed E-state index contributed by atoms with van der Waals surface area (Å²) in [6, 6.07) is -0.906. The van der Waals surface area contributed by atoms with Crippen LogP contribution in [0.4, 0.5) is 0 Å². The van der Waals surface area contributed by atoms with Crippen molar-refractivity contribution in [1.82, 2.24) is 5.32 Å². The Bertz CT molecular complexity index is 1070. The average Bonchev–Trinajstić information content (AvgIpc) is 3.20. The van der Waals surface area contributed by atoms with Crippen LogP contribution in [0.5, 0.6) is 0 Å². The van der Waals surface area contributed by atoms with E-state index in [1.165, 1.54) is 154 Å². The van der Waals surface area contributed by atoms with Gasteiger partial charge in [-0.2, -0.15) is 0 Å². The van der Waals surface area contributed by atoms with Crippen LogP contribution in [0.1, 0.15) is 232 Å². The number of carbonyl (C=O) groups is 1. The highest BCUT2D eigenvalue weighted by Crippen LogP contribution is 2.38. The molecule has 0 aromatic rings. The molecule has 8 nitrogen and oxygen atoms in total. The summed E-state index contributed by atoms with van der Waals surface area (Å²) in [5, 5.41) is 13.8. The first-order valence-corrected chi connectivity index (χ1v) is 26.8. The van der Waals surface area contributed by atoms with Gasteiger partial charge in [-0.25, -0.2) is 0 Å². The van der Waals surface area contributed by atoms with Gasteiger partial charge in [0.1, 0.15) is 13.2 Å². The molecule has 0 heterocycles. The topological polar surface area (TPSA) is 108 Å². The number of rotatable bonds is 46. The summed E-state index contributed by atoms with van der Waals surface area (Å²) in [5.74, 6) is -0.216. The number of nitrogens with zero attached hydrogens (tertiary/aromatic N) is 1. The number of nitrogens with one attached hydrogen (secondary N) is 1. The number of likely N-dealkylation sites (N-methyl/N-ethyl adjacent to an activating group) is 1. The van der Waals surface area contributed by atoms with Gasteiger partial charge in [0.15, 0.2) is 0 Å². The second kappa shape index (κ2) is 43.0. The van der Waals surface area contributed by atoms with E-state index in [-0.39, 0.29) is 12.5 Å². The molecule has 1 amide bonds. The van der Waals surface area contributed by atoms with Crippen molar-refractivity contribution in [1.29, 1.82) is 0 Å². The maximum absolute atomic E-state index is 12.9. The molecular formula is C51H99N2O6P. The lowest BCUT2D eigenvalue weighted by Gasteiger charge is -2.29. The Morgan fingerprint density at radius 2 is 0.933 bits per heavy atom. The van der Waals surface area contributed by atoms with E-state index in [9.17, 15) is 19.4 Å². The quantitative estimate of drug-likeness (QED) is 0.0273. The second-order valence-corrected chi connectivity index (χ2v) is 19.9. The van der Waals surface area contributed by atoms with Gasteiger partial charge in [0.05, 0.1) is 39.9 Å². The number of carbonyl (C=O) groups excluding carboxylic acids is 1. The molecule has 0 bridgehead atoms. The smallest absolute Gasteiger partial charge is 0.268 e. The minimum absolute atomic E-state index is 0.00771. The first-order chi connectivity index (χ1) is 29.0. The van der Waals surface area contributed by atoms with Gasteiger partial charge in [0.25, 0.3) is 7.82 Å². The fourth-order valence-corrected chi connectivity index (χ4v) is 8.00. The number of unbranched alkanes of at least 4 members (excludes halogenated alkanes) is 29. The summed E-state index contributed by atoms with van der Waals surface area (Å²) >= 11 is 0. The van der Waals surface area contributed by atoms with Crippen LogP contribution in [0.2, 0.25) is 0 Å². The maximum atomic E-state index is 12.9. The summed E-state index contributed by atoms with van der Waals surface area (Å²) in [4.78, 5) is 25.3. The van der Waals surface area contributed by atoms with E-state index in [1.54, 1.807) is 6.08 Å². The third-order valence-corrected chi connectivity index (χ3v) is 12.3. The first-order valence-electron chi connectivity index (χ1n) is 25.4. The van der Waals surface area contributed by atoms with Crippen molar-refractivity contribution in [2.24, 2.45) is 0 Å². The number of aliphatic hydroxyl groups excluding tert-OH is 1. The Labute approximate surface area is 372 Å². The molecule has 3 atom stereocenters. The highest BCUT2D eigenvalue weighted by Gasteiger charge is 2.23. The van der Waals surface area contributed by atoms with E-state index in [4.69, 9.17) is 9.05 Å². The highest BCUT2D eigenvalue weighted by molar-refractivity contribution is 7.45. The number of hydrogen-bond acceptors (Lipinski definition) is 6. The Kier molecular flexibility index (Phi) is 42.1. The van der Waals surface area contributed by atoms with Crippen molar-refractivity contribution < 1.29 is 32.9 Å². The van der Waals surface area contributed by atoms with Crippen LogP contribution in [0.15, 0.2) is 36.5 Å². The van der Waals surface area contributed by atoms with Gasteiger partial charge in [0, 0.05) is 6.42 Å². The normalized spacial score (nSPS) is 14.4. The van der Waals surface area contributed by atoms with Crippen LogP contribution in [-0.2, 0) is 18.4 Å². The third kappa shape index (κ3) is 44.8. The molecule has 0 aliphatic rings. The Balaban J connectivity index is 4.32. The summed E-state index contributed by atoms with van der Waals surface area (Å²) in [6.07, 6.45) is 53.5. The number of quaternary nitrogens is 1. The molecule has 0 aromatic carbocycles. The molecule has 0 saturated carbocycles. The zero-order chi connectivity index (χ0) is 44.3. The predicted octanol–water partition coefficient (Wildman–Crippen LogP) is 14.0. The zero-order valence-corrected chi connectivity index (χ0v) is 41.1. The predicted molar refractivity (Wildman–Crippen MR) is 256 cm³/mol. The Hall–Kier alpha value is -1.28. The highest BCUT2D eigenvalue weighted by atomic mass is 31.2. The summed E-state index contributed by atoms with van der Waals surface area (Å²) in [6.45, 7) is 4.62. The fourth-order valence-electron chi connectivity index (χ4n) is 7.28. The molecule has 2 N–H and O–H groups in total. The lowest BCUT2D eigenvalue weighted by Crippen LogP contribution is -2.45.